The second-order valence-electron chi connectivity index (χ2n) is 3.07. The van der Waals surface area contributed by atoms with Gasteiger partial charge in [-0.25, -0.2) is 14.8 Å². The lowest BCUT2D eigenvalue weighted by atomic mass is 10.2. The Morgan fingerprint density at radius 1 is 1.47 bits per heavy atom. The van der Waals surface area contributed by atoms with E-state index in [9.17, 15) is 5.11 Å². The number of hydrogen-bond donors (Lipinski definition) is 1. The third kappa shape index (κ3) is 1.94. The van der Waals surface area contributed by atoms with Crippen LogP contribution in [0.4, 0.5) is 0 Å². The first-order chi connectivity index (χ1) is 7.22. The van der Waals surface area contributed by atoms with Crippen LogP contribution in [0.3, 0.4) is 0 Å². The molecule has 1 aromatic carbocycles. The smallest absolute Gasteiger partial charge is 0.122 e. The summed E-state index contributed by atoms with van der Waals surface area (Å²) < 4.78 is 0.949. The van der Waals surface area contributed by atoms with Gasteiger partial charge in [0.1, 0.15) is 12.4 Å². The first kappa shape index (κ1) is 10.4. The minimum atomic E-state index is 0.211. The lowest BCUT2D eigenvalue weighted by molar-refractivity contribution is -0.282. The number of phenols is 1. The predicted octanol–water partition coefficient (Wildman–Crippen LogP) is 2.39. The molecular formula is C10H11NO3S. The standard InChI is InChI=1S/C10H11NO3S/c1-6-11-8-3-4-9(12)7(5-14-13-2)10(8)15-6/h3-4,12H,5H2,1-2H3. The van der Waals surface area contributed by atoms with Crippen LogP contribution in [0.2, 0.25) is 0 Å². The second kappa shape index (κ2) is 4.14. The average molecular weight is 225 g/mol. The summed E-state index contributed by atoms with van der Waals surface area (Å²) >= 11 is 1.54. The van der Waals surface area contributed by atoms with E-state index in [1.54, 1.807) is 12.1 Å². The maximum atomic E-state index is 9.69. The zero-order chi connectivity index (χ0) is 10.8. The van der Waals surface area contributed by atoms with Crippen molar-refractivity contribution in [2.24, 2.45) is 0 Å². The average Bonchev–Trinajstić information content (AvgIpc) is 2.57. The van der Waals surface area contributed by atoms with E-state index in [1.165, 1.54) is 18.4 Å². The molecule has 0 aliphatic heterocycles. The van der Waals surface area contributed by atoms with E-state index < -0.39 is 0 Å². The van der Waals surface area contributed by atoms with E-state index in [0.29, 0.717) is 0 Å². The number of hydrogen-bond acceptors (Lipinski definition) is 5. The van der Waals surface area contributed by atoms with Gasteiger partial charge in [-0.15, -0.1) is 11.3 Å². The normalized spacial score (nSPS) is 11.1. The molecule has 0 amide bonds. The van der Waals surface area contributed by atoms with Crippen molar-refractivity contribution in [2.75, 3.05) is 7.11 Å². The summed E-state index contributed by atoms with van der Waals surface area (Å²) in [6.07, 6.45) is 0. The summed E-state index contributed by atoms with van der Waals surface area (Å²) in [5.41, 5.74) is 1.60. The van der Waals surface area contributed by atoms with Crippen molar-refractivity contribution in [3.05, 3.63) is 22.7 Å². The first-order valence-corrected chi connectivity index (χ1v) is 5.27. The van der Waals surface area contributed by atoms with Crippen LogP contribution in [0.15, 0.2) is 12.1 Å². The number of rotatable bonds is 3. The fourth-order valence-electron chi connectivity index (χ4n) is 1.40. The van der Waals surface area contributed by atoms with Gasteiger partial charge in [0.25, 0.3) is 0 Å². The van der Waals surface area contributed by atoms with Crippen LogP contribution in [0.1, 0.15) is 10.6 Å². The third-order valence-corrected chi connectivity index (χ3v) is 3.11. The summed E-state index contributed by atoms with van der Waals surface area (Å²) in [5.74, 6) is 0.211. The number of phenolic OH excluding ortho intramolecular Hbond substituents is 1. The number of aryl methyl sites for hydroxylation is 1. The van der Waals surface area contributed by atoms with Crippen molar-refractivity contribution in [1.82, 2.24) is 4.98 Å². The van der Waals surface area contributed by atoms with E-state index in [0.717, 1.165) is 20.8 Å². The van der Waals surface area contributed by atoms with Gasteiger partial charge in [-0.2, -0.15) is 0 Å². The van der Waals surface area contributed by atoms with E-state index in [-0.39, 0.29) is 12.4 Å². The number of benzene rings is 1. The topological polar surface area (TPSA) is 51.6 Å². The molecular weight excluding hydrogens is 214 g/mol. The summed E-state index contributed by atoms with van der Waals surface area (Å²) in [5, 5.41) is 10.7. The van der Waals surface area contributed by atoms with Crippen molar-refractivity contribution >= 4 is 21.6 Å². The summed E-state index contributed by atoms with van der Waals surface area (Å²) in [4.78, 5) is 13.7. The van der Waals surface area contributed by atoms with Crippen LogP contribution >= 0.6 is 11.3 Å². The zero-order valence-corrected chi connectivity index (χ0v) is 9.30. The predicted molar refractivity (Wildman–Crippen MR) is 57.8 cm³/mol. The molecule has 2 rings (SSSR count). The molecule has 5 heteroatoms. The van der Waals surface area contributed by atoms with E-state index in [2.05, 4.69) is 9.87 Å². The van der Waals surface area contributed by atoms with Gasteiger partial charge in [0.05, 0.1) is 22.3 Å². The molecule has 15 heavy (non-hydrogen) atoms. The molecule has 1 aromatic heterocycles. The van der Waals surface area contributed by atoms with Crippen molar-refractivity contribution in [3.8, 4) is 5.75 Å². The SMILES string of the molecule is COOCc1c(O)ccc2nc(C)sc12. The molecule has 80 valence electrons. The van der Waals surface area contributed by atoms with Crippen LogP contribution < -0.4 is 0 Å². The maximum Gasteiger partial charge on any atom is 0.122 e. The highest BCUT2D eigenvalue weighted by atomic mass is 32.1. The number of aromatic nitrogens is 1. The molecule has 0 aliphatic carbocycles. The largest absolute Gasteiger partial charge is 0.508 e. The molecule has 4 nitrogen and oxygen atoms in total. The Morgan fingerprint density at radius 3 is 3.00 bits per heavy atom. The Balaban J connectivity index is 2.52. The van der Waals surface area contributed by atoms with Gasteiger partial charge in [0.2, 0.25) is 0 Å². The van der Waals surface area contributed by atoms with Crippen LogP contribution in [0, 0.1) is 6.92 Å². The summed E-state index contributed by atoms with van der Waals surface area (Å²) in [7, 11) is 1.44. The van der Waals surface area contributed by atoms with Gasteiger partial charge in [-0.05, 0) is 19.1 Å². The highest BCUT2D eigenvalue weighted by molar-refractivity contribution is 7.18. The van der Waals surface area contributed by atoms with Crippen molar-refractivity contribution < 1.29 is 14.9 Å². The molecule has 0 fully saturated rings. The Labute approximate surface area is 91.0 Å². The highest BCUT2D eigenvalue weighted by Crippen LogP contribution is 2.31. The monoisotopic (exact) mass is 225 g/mol. The molecule has 0 unspecified atom stereocenters. The lowest BCUT2D eigenvalue weighted by Crippen LogP contribution is -1.92. The van der Waals surface area contributed by atoms with Gasteiger partial charge in [-0.3, -0.25) is 0 Å². The van der Waals surface area contributed by atoms with Gasteiger partial charge in [0.15, 0.2) is 0 Å². The molecule has 2 aromatic rings. The minimum Gasteiger partial charge on any atom is -0.508 e. The van der Waals surface area contributed by atoms with Crippen LogP contribution in [0.5, 0.6) is 5.75 Å². The summed E-state index contributed by atoms with van der Waals surface area (Å²) in [6, 6.07) is 3.42. The van der Waals surface area contributed by atoms with Crippen molar-refractivity contribution in [1.29, 1.82) is 0 Å². The van der Waals surface area contributed by atoms with Crippen LogP contribution in [-0.4, -0.2) is 17.2 Å². The van der Waals surface area contributed by atoms with Crippen molar-refractivity contribution in [3.63, 3.8) is 0 Å². The van der Waals surface area contributed by atoms with Crippen molar-refractivity contribution in [2.45, 2.75) is 13.5 Å². The van der Waals surface area contributed by atoms with Crippen LogP contribution in [0.25, 0.3) is 10.2 Å². The second-order valence-corrected chi connectivity index (χ2v) is 4.28. The lowest BCUT2D eigenvalue weighted by Gasteiger charge is -2.04. The number of nitrogens with zero attached hydrogens (tertiary/aromatic N) is 1. The molecule has 0 atom stereocenters. The number of fused-ring (bicyclic) bond motifs is 1. The Hall–Kier alpha value is -1.17. The first-order valence-electron chi connectivity index (χ1n) is 4.46. The Morgan fingerprint density at radius 2 is 2.27 bits per heavy atom. The van der Waals surface area contributed by atoms with Gasteiger partial charge in [-0.1, -0.05) is 0 Å². The van der Waals surface area contributed by atoms with Gasteiger partial charge >= 0.3 is 0 Å². The highest BCUT2D eigenvalue weighted by Gasteiger charge is 2.11. The van der Waals surface area contributed by atoms with E-state index in [1.807, 2.05) is 6.92 Å². The quantitative estimate of drug-likeness (QED) is 0.643. The summed E-state index contributed by atoms with van der Waals surface area (Å²) in [6.45, 7) is 2.16. The molecule has 1 heterocycles. The third-order valence-electron chi connectivity index (χ3n) is 2.06. The minimum absolute atomic E-state index is 0.211. The van der Waals surface area contributed by atoms with Gasteiger partial charge in [0, 0.05) is 5.56 Å². The zero-order valence-electron chi connectivity index (χ0n) is 8.48. The van der Waals surface area contributed by atoms with E-state index >= 15 is 0 Å². The molecule has 0 saturated carbocycles. The molecule has 0 saturated heterocycles. The fraction of sp³-hybridized carbons (Fsp3) is 0.300. The van der Waals surface area contributed by atoms with Crippen LogP contribution in [-0.2, 0) is 16.4 Å². The maximum absolute atomic E-state index is 9.69. The Bertz CT molecular complexity index is 481. The molecule has 0 bridgehead atoms. The van der Waals surface area contributed by atoms with E-state index in [4.69, 9.17) is 4.89 Å². The number of aromatic hydroxyl groups is 1. The molecule has 0 spiro atoms. The molecule has 0 radical (unpaired) electrons. The van der Waals surface area contributed by atoms with Gasteiger partial charge < -0.3 is 5.11 Å². The number of thiazole rings is 1. The molecule has 1 N–H and O–H groups in total. The Kier molecular flexibility index (Phi) is 2.86. The fourth-order valence-corrected chi connectivity index (χ4v) is 2.35. The molecule has 0 aliphatic rings.